The molecule has 1 aromatic carbocycles. The molecule has 0 saturated carbocycles. The minimum Gasteiger partial charge on any atom is -0.464 e. The summed E-state index contributed by atoms with van der Waals surface area (Å²) in [5.74, 6) is -3.35. The summed E-state index contributed by atoms with van der Waals surface area (Å²) in [6.45, 7) is 1.61. The lowest BCUT2D eigenvalue weighted by molar-refractivity contribution is -0.153. The normalized spacial score (nSPS) is 12.3. The highest BCUT2D eigenvalue weighted by Crippen LogP contribution is 2.20. The van der Waals surface area contributed by atoms with Crippen molar-refractivity contribution < 1.29 is 23.4 Å². The molecule has 0 heterocycles. The van der Waals surface area contributed by atoms with Crippen molar-refractivity contribution in [2.75, 3.05) is 6.61 Å². The fraction of sp³-hybridized carbons (Fsp3) is 0.300. The Balaban J connectivity index is 2.96. The largest absolute Gasteiger partial charge is 0.464 e. The molecule has 1 aromatic rings. The van der Waals surface area contributed by atoms with E-state index in [0.717, 1.165) is 12.1 Å². The van der Waals surface area contributed by atoms with Gasteiger partial charge in [-0.25, -0.2) is 13.6 Å². The first kappa shape index (κ1) is 11.6. The van der Waals surface area contributed by atoms with Gasteiger partial charge in [-0.2, -0.15) is 0 Å². The third-order valence-corrected chi connectivity index (χ3v) is 1.79. The molecule has 0 spiro atoms. The van der Waals surface area contributed by atoms with E-state index in [0.29, 0.717) is 0 Å². The molecule has 1 atom stereocenters. The van der Waals surface area contributed by atoms with Crippen LogP contribution in [0.15, 0.2) is 18.2 Å². The monoisotopic (exact) mass is 216 g/mol. The van der Waals surface area contributed by atoms with Gasteiger partial charge in [-0.15, -0.1) is 0 Å². The number of hydrogen-bond acceptors (Lipinski definition) is 3. The second-order valence-electron chi connectivity index (χ2n) is 2.80. The minimum atomic E-state index is -1.79. The van der Waals surface area contributed by atoms with Crippen molar-refractivity contribution in [3.63, 3.8) is 0 Å². The first-order chi connectivity index (χ1) is 7.07. The molecule has 1 rings (SSSR count). The number of esters is 1. The molecule has 0 aliphatic carbocycles. The topological polar surface area (TPSA) is 46.5 Å². The lowest BCUT2D eigenvalue weighted by Gasteiger charge is -2.10. The number of benzene rings is 1. The third-order valence-electron chi connectivity index (χ3n) is 1.79. The number of aliphatic hydroxyl groups is 1. The van der Waals surface area contributed by atoms with Crippen LogP contribution in [0.4, 0.5) is 8.78 Å². The van der Waals surface area contributed by atoms with Gasteiger partial charge in [0.05, 0.1) is 6.61 Å². The number of carbonyl (C=O) groups is 1. The van der Waals surface area contributed by atoms with Crippen molar-refractivity contribution in [3.8, 4) is 0 Å². The lowest BCUT2D eigenvalue weighted by atomic mass is 10.1. The highest BCUT2D eigenvalue weighted by molar-refractivity contribution is 5.76. The summed E-state index contributed by atoms with van der Waals surface area (Å²) in [6.07, 6.45) is -1.79. The zero-order valence-electron chi connectivity index (χ0n) is 8.04. The standard InChI is InChI=1S/C10H10F2O3/c1-2-15-10(14)9(13)6-4-3-5-7(11)8(6)12/h3-5,9,13H,2H2,1H3. The van der Waals surface area contributed by atoms with Gasteiger partial charge in [0.15, 0.2) is 17.7 Å². The molecule has 0 saturated heterocycles. The van der Waals surface area contributed by atoms with Crippen LogP contribution in [0, 0.1) is 11.6 Å². The van der Waals surface area contributed by atoms with Crippen LogP contribution in [-0.2, 0) is 9.53 Å². The van der Waals surface area contributed by atoms with Crippen LogP contribution in [0.25, 0.3) is 0 Å². The van der Waals surface area contributed by atoms with Gasteiger partial charge < -0.3 is 9.84 Å². The van der Waals surface area contributed by atoms with Gasteiger partial charge in [-0.3, -0.25) is 0 Å². The van der Waals surface area contributed by atoms with E-state index in [9.17, 15) is 18.7 Å². The number of carbonyl (C=O) groups excluding carboxylic acids is 1. The molecule has 82 valence electrons. The molecule has 0 fully saturated rings. The van der Waals surface area contributed by atoms with Crippen LogP contribution < -0.4 is 0 Å². The van der Waals surface area contributed by atoms with Crippen LogP contribution in [0.1, 0.15) is 18.6 Å². The van der Waals surface area contributed by atoms with E-state index in [2.05, 4.69) is 4.74 Å². The maximum Gasteiger partial charge on any atom is 0.339 e. The molecule has 5 heteroatoms. The summed E-state index contributed by atoms with van der Waals surface area (Å²) in [5, 5.41) is 9.34. The average molecular weight is 216 g/mol. The van der Waals surface area contributed by atoms with Crippen molar-refractivity contribution >= 4 is 5.97 Å². The highest BCUT2D eigenvalue weighted by Gasteiger charge is 2.23. The number of hydrogen-bond donors (Lipinski definition) is 1. The Bertz CT molecular complexity index is 366. The fourth-order valence-corrected chi connectivity index (χ4v) is 1.08. The summed E-state index contributed by atoms with van der Waals surface area (Å²) in [4.78, 5) is 11.0. The second-order valence-corrected chi connectivity index (χ2v) is 2.80. The molecule has 0 amide bonds. The van der Waals surface area contributed by atoms with E-state index in [4.69, 9.17) is 0 Å². The Morgan fingerprint density at radius 2 is 2.20 bits per heavy atom. The van der Waals surface area contributed by atoms with Crippen molar-refractivity contribution in [1.29, 1.82) is 0 Å². The first-order valence-corrected chi connectivity index (χ1v) is 4.36. The fourth-order valence-electron chi connectivity index (χ4n) is 1.08. The quantitative estimate of drug-likeness (QED) is 0.780. The zero-order valence-corrected chi connectivity index (χ0v) is 8.04. The Morgan fingerprint density at radius 1 is 1.53 bits per heavy atom. The first-order valence-electron chi connectivity index (χ1n) is 4.36. The summed E-state index contributed by atoms with van der Waals surface area (Å²) in [7, 11) is 0. The van der Waals surface area contributed by atoms with E-state index in [1.807, 2.05) is 0 Å². The summed E-state index contributed by atoms with van der Waals surface area (Å²) in [5.41, 5.74) is -0.423. The number of aliphatic hydroxyl groups excluding tert-OH is 1. The van der Waals surface area contributed by atoms with Crippen molar-refractivity contribution in [2.24, 2.45) is 0 Å². The smallest absolute Gasteiger partial charge is 0.339 e. The molecule has 1 N–H and O–H groups in total. The molecular formula is C10H10F2O3. The Hall–Kier alpha value is -1.49. The summed E-state index contributed by atoms with van der Waals surface area (Å²) < 4.78 is 30.3. The lowest BCUT2D eigenvalue weighted by Crippen LogP contribution is -2.17. The van der Waals surface area contributed by atoms with E-state index in [1.54, 1.807) is 6.92 Å². The predicted octanol–water partition coefficient (Wildman–Crippen LogP) is 1.56. The number of halogens is 2. The minimum absolute atomic E-state index is 0.0623. The van der Waals surface area contributed by atoms with E-state index >= 15 is 0 Å². The predicted molar refractivity (Wildman–Crippen MR) is 48.0 cm³/mol. The van der Waals surface area contributed by atoms with Crippen LogP contribution in [0.2, 0.25) is 0 Å². The number of rotatable bonds is 3. The van der Waals surface area contributed by atoms with Gasteiger partial charge >= 0.3 is 5.97 Å². The highest BCUT2D eigenvalue weighted by atomic mass is 19.2. The van der Waals surface area contributed by atoms with Crippen LogP contribution >= 0.6 is 0 Å². The molecule has 1 unspecified atom stereocenters. The maximum absolute atomic E-state index is 13.1. The van der Waals surface area contributed by atoms with E-state index < -0.39 is 29.3 Å². The Labute approximate surface area is 85.3 Å². The van der Waals surface area contributed by atoms with Gasteiger partial charge in [0, 0.05) is 5.56 Å². The second kappa shape index (κ2) is 4.84. The molecule has 3 nitrogen and oxygen atoms in total. The van der Waals surface area contributed by atoms with Crippen LogP contribution in [0.3, 0.4) is 0 Å². The summed E-state index contributed by atoms with van der Waals surface area (Å²) >= 11 is 0. The third kappa shape index (κ3) is 2.50. The van der Waals surface area contributed by atoms with Crippen molar-refractivity contribution in [1.82, 2.24) is 0 Å². The average Bonchev–Trinajstić information content (AvgIpc) is 2.21. The summed E-state index contributed by atoms with van der Waals surface area (Å²) in [6, 6.07) is 3.23. The zero-order chi connectivity index (χ0) is 11.4. The van der Waals surface area contributed by atoms with Gasteiger partial charge in [0.2, 0.25) is 0 Å². The SMILES string of the molecule is CCOC(=O)C(O)c1cccc(F)c1F. The molecule has 0 aromatic heterocycles. The van der Waals surface area contributed by atoms with Crippen LogP contribution in [0.5, 0.6) is 0 Å². The van der Waals surface area contributed by atoms with E-state index in [-0.39, 0.29) is 6.61 Å². The molecule has 0 aliphatic heterocycles. The molecule has 0 aliphatic rings. The van der Waals surface area contributed by atoms with Gasteiger partial charge in [0.25, 0.3) is 0 Å². The molecular weight excluding hydrogens is 206 g/mol. The van der Waals surface area contributed by atoms with Gasteiger partial charge in [-0.1, -0.05) is 12.1 Å². The maximum atomic E-state index is 13.1. The van der Waals surface area contributed by atoms with Crippen LogP contribution in [-0.4, -0.2) is 17.7 Å². The van der Waals surface area contributed by atoms with Gasteiger partial charge in [0.1, 0.15) is 0 Å². The van der Waals surface area contributed by atoms with Gasteiger partial charge in [-0.05, 0) is 13.0 Å². The Kier molecular flexibility index (Phi) is 3.74. The van der Waals surface area contributed by atoms with Crippen molar-refractivity contribution in [2.45, 2.75) is 13.0 Å². The molecule has 0 bridgehead atoms. The number of ether oxygens (including phenoxy) is 1. The Morgan fingerprint density at radius 3 is 2.80 bits per heavy atom. The molecule has 0 radical (unpaired) electrons. The van der Waals surface area contributed by atoms with E-state index in [1.165, 1.54) is 6.07 Å². The van der Waals surface area contributed by atoms with Crippen molar-refractivity contribution in [3.05, 3.63) is 35.4 Å². The molecule has 15 heavy (non-hydrogen) atoms.